The lowest BCUT2D eigenvalue weighted by Gasteiger charge is -2.08. The maximum Gasteiger partial charge on any atom is 0.253 e. The van der Waals surface area contributed by atoms with Crippen LogP contribution in [0.5, 0.6) is 0 Å². The molecular formula is C16H14ClN3O3S2. The summed E-state index contributed by atoms with van der Waals surface area (Å²) in [6, 6.07) is 11.7. The Morgan fingerprint density at radius 2 is 2.00 bits per heavy atom. The number of aromatic nitrogens is 1. The SMILES string of the molecule is CNS(=O)(=O)c1ccc(Cl)c(C(=O)NCc2nc3ccccc3s2)c1. The van der Waals surface area contributed by atoms with Crippen LogP contribution in [0.3, 0.4) is 0 Å². The van der Waals surface area contributed by atoms with Crippen molar-refractivity contribution in [3.8, 4) is 0 Å². The number of fused-ring (bicyclic) bond motifs is 1. The zero-order valence-corrected chi connectivity index (χ0v) is 15.5. The third-order valence-corrected chi connectivity index (χ3v) is 6.28. The standard InChI is InChI=1S/C16H14ClN3O3S2/c1-18-25(22,23)10-6-7-12(17)11(8-10)16(21)19-9-15-20-13-4-2-3-5-14(13)24-15/h2-8,18H,9H2,1H3,(H,19,21). The molecule has 0 saturated heterocycles. The maximum absolute atomic E-state index is 12.4. The second-order valence-electron chi connectivity index (χ2n) is 5.11. The Morgan fingerprint density at radius 1 is 1.24 bits per heavy atom. The minimum atomic E-state index is -3.65. The van der Waals surface area contributed by atoms with E-state index >= 15 is 0 Å². The normalized spacial score (nSPS) is 11.6. The van der Waals surface area contributed by atoms with Gasteiger partial charge in [0.05, 0.1) is 32.2 Å². The first-order chi connectivity index (χ1) is 11.9. The molecule has 0 aliphatic rings. The number of nitrogens with one attached hydrogen (secondary N) is 2. The molecule has 0 fully saturated rings. The van der Waals surface area contributed by atoms with Gasteiger partial charge in [-0.25, -0.2) is 18.1 Å². The highest BCUT2D eigenvalue weighted by Gasteiger charge is 2.17. The molecule has 0 aliphatic carbocycles. The van der Waals surface area contributed by atoms with Crippen molar-refractivity contribution in [3.05, 3.63) is 58.1 Å². The summed E-state index contributed by atoms with van der Waals surface area (Å²) < 4.78 is 27.0. The molecule has 0 radical (unpaired) electrons. The lowest BCUT2D eigenvalue weighted by molar-refractivity contribution is 0.0951. The van der Waals surface area contributed by atoms with Crippen molar-refractivity contribution in [2.75, 3.05) is 7.05 Å². The van der Waals surface area contributed by atoms with E-state index < -0.39 is 15.9 Å². The molecule has 2 aromatic carbocycles. The molecule has 9 heteroatoms. The van der Waals surface area contributed by atoms with E-state index in [4.69, 9.17) is 11.6 Å². The number of halogens is 1. The summed E-state index contributed by atoms with van der Waals surface area (Å²) in [4.78, 5) is 16.8. The van der Waals surface area contributed by atoms with Gasteiger partial charge in [0, 0.05) is 0 Å². The average Bonchev–Trinajstić information content (AvgIpc) is 3.02. The number of para-hydroxylation sites is 1. The largest absolute Gasteiger partial charge is 0.345 e. The van der Waals surface area contributed by atoms with Gasteiger partial charge in [-0.3, -0.25) is 4.79 Å². The molecule has 0 unspecified atom stereocenters. The number of hydrogen-bond donors (Lipinski definition) is 2. The Bertz CT molecular complexity index is 1010. The summed E-state index contributed by atoms with van der Waals surface area (Å²) >= 11 is 7.53. The molecule has 0 atom stereocenters. The Morgan fingerprint density at radius 3 is 2.72 bits per heavy atom. The van der Waals surface area contributed by atoms with Crippen LogP contribution in [0, 0.1) is 0 Å². The van der Waals surface area contributed by atoms with E-state index in [-0.39, 0.29) is 22.0 Å². The molecule has 6 nitrogen and oxygen atoms in total. The van der Waals surface area contributed by atoms with Crippen LogP contribution in [0.1, 0.15) is 15.4 Å². The predicted octanol–water partition coefficient (Wildman–Crippen LogP) is 2.79. The summed E-state index contributed by atoms with van der Waals surface area (Å²) in [5, 5.41) is 3.65. The molecule has 130 valence electrons. The number of carbonyl (C=O) groups is 1. The zero-order valence-electron chi connectivity index (χ0n) is 13.1. The first-order valence-corrected chi connectivity index (χ1v) is 9.94. The van der Waals surface area contributed by atoms with Crippen molar-refractivity contribution in [2.45, 2.75) is 11.4 Å². The average molecular weight is 396 g/mol. The van der Waals surface area contributed by atoms with Gasteiger partial charge in [0.2, 0.25) is 10.0 Å². The van der Waals surface area contributed by atoms with E-state index in [0.717, 1.165) is 15.2 Å². The lowest BCUT2D eigenvalue weighted by atomic mass is 10.2. The van der Waals surface area contributed by atoms with Crippen molar-refractivity contribution >= 4 is 49.1 Å². The van der Waals surface area contributed by atoms with Gasteiger partial charge in [-0.2, -0.15) is 0 Å². The van der Waals surface area contributed by atoms with E-state index in [9.17, 15) is 13.2 Å². The molecule has 1 aromatic heterocycles. The molecule has 1 amide bonds. The smallest absolute Gasteiger partial charge is 0.253 e. The van der Waals surface area contributed by atoms with Gasteiger partial charge in [-0.15, -0.1) is 11.3 Å². The fraction of sp³-hybridized carbons (Fsp3) is 0.125. The number of hydrogen-bond acceptors (Lipinski definition) is 5. The number of nitrogens with zero attached hydrogens (tertiary/aromatic N) is 1. The van der Waals surface area contributed by atoms with Gasteiger partial charge in [0.15, 0.2) is 0 Å². The van der Waals surface area contributed by atoms with Crippen molar-refractivity contribution < 1.29 is 13.2 Å². The lowest BCUT2D eigenvalue weighted by Crippen LogP contribution is -2.24. The van der Waals surface area contributed by atoms with Crippen molar-refractivity contribution in [2.24, 2.45) is 0 Å². The Labute approximate surface area is 153 Å². The summed E-state index contributed by atoms with van der Waals surface area (Å²) in [6.45, 7) is 0.234. The first kappa shape index (κ1) is 17.8. The summed E-state index contributed by atoms with van der Waals surface area (Å²) in [7, 11) is -2.35. The molecule has 0 saturated carbocycles. The minimum Gasteiger partial charge on any atom is -0.345 e. The van der Waals surface area contributed by atoms with Crippen LogP contribution in [0.25, 0.3) is 10.2 Å². The number of thiazole rings is 1. The van der Waals surface area contributed by atoms with Crippen LogP contribution in [0.15, 0.2) is 47.4 Å². The van der Waals surface area contributed by atoms with Gasteiger partial charge in [-0.05, 0) is 37.4 Å². The van der Waals surface area contributed by atoms with Gasteiger partial charge in [0.25, 0.3) is 5.91 Å². The molecule has 0 spiro atoms. The fourth-order valence-electron chi connectivity index (χ4n) is 2.21. The number of rotatable bonds is 5. The Hall–Kier alpha value is -2.00. The quantitative estimate of drug-likeness (QED) is 0.695. The molecule has 0 aliphatic heterocycles. The second-order valence-corrected chi connectivity index (χ2v) is 8.52. The van der Waals surface area contributed by atoms with Crippen LogP contribution in [-0.4, -0.2) is 26.4 Å². The highest BCUT2D eigenvalue weighted by atomic mass is 35.5. The van der Waals surface area contributed by atoms with Crippen molar-refractivity contribution in [1.29, 1.82) is 0 Å². The van der Waals surface area contributed by atoms with Gasteiger partial charge in [-0.1, -0.05) is 23.7 Å². The van der Waals surface area contributed by atoms with Gasteiger partial charge in [0.1, 0.15) is 5.01 Å². The van der Waals surface area contributed by atoms with E-state index in [0.29, 0.717) is 0 Å². The summed E-state index contributed by atoms with van der Waals surface area (Å²) in [5.41, 5.74) is 0.969. The number of amides is 1. The number of sulfonamides is 1. The maximum atomic E-state index is 12.4. The van der Waals surface area contributed by atoms with Crippen LogP contribution < -0.4 is 10.0 Å². The van der Waals surface area contributed by atoms with Gasteiger partial charge >= 0.3 is 0 Å². The highest BCUT2D eigenvalue weighted by molar-refractivity contribution is 7.89. The van der Waals surface area contributed by atoms with E-state index in [1.165, 1.54) is 36.6 Å². The van der Waals surface area contributed by atoms with Crippen molar-refractivity contribution in [3.63, 3.8) is 0 Å². The predicted molar refractivity (Wildman–Crippen MR) is 98.5 cm³/mol. The van der Waals surface area contributed by atoms with E-state index in [1.54, 1.807) is 0 Å². The molecule has 3 aromatic rings. The molecule has 25 heavy (non-hydrogen) atoms. The highest BCUT2D eigenvalue weighted by Crippen LogP contribution is 2.23. The summed E-state index contributed by atoms with van der Waals surface area (Å²) in [6.07, 6.45) is 0. The fourth-order valence-corrected chi connectivity index (χ4v) is 4.08. The van der Waals surface area contributed by atoms with Crippen molar-refractivity contribution in [1.82, 2.24) is 15.0 Å². The molecule has 3 rings (SSSR count). The second kappa shape index (κ2) is 7.09. The first-order valence-electron chi connectivity index (χ1n) is 7.26. The monoisotopic (exact) mass is 395 g/mol. The topological polar surface area (TPSA) is 88.2 Å². The molecule has 0 bridgehead atoms. The molecular weight excluding hydrogens is 382 g/mol. The van der Waals surface area contributed by atoms with Crippen LogP contribution in [0.2, 0.25) is 5.02 Å². The Balaban J connectivity index is 1.80. The van der Waals surface area contributed by atoms with Gasteiger partial charge < -0.3 is 5.32 Å². The Kier molecular flexibility index (Phi) is 5.05. The number of benzene rings is 2. The van der Waals surface area contributed by atoms with E-state index in [1.807, 2.05) is 24.3 Å². The zero-order chi connectivity index (χ0) is 18.0. The summed E-state index contributed by atoms with van der Waals surface area (Å²) in [5.74, 6) is -0.461. The minimum absolute atomic E-state index is 0.0236. The van der Waals surface area contributed by atoms with Crippen LogP contribution in [0.4, 0.5) is 0 Å². The van der Waals surface area contributed by atoms with Crippen LogP contribution >= 0.6 is 22.9 Å². The molecule has 1 heterocycles. The van der Waals surface area contributed by atoms with Crippen LogP contribution in [-0.2, 0) is 16.6 Å². The molecule has 2 N–H and O–H groups in total. The third-order valence-electron chi connectivity index (χ3n) is 3.50. The van der Waals surface area contributed by atoms with E-state index in [2.05, 4.69) is 15.0 Å². The third kappa shape index (κ3) is 3.82. The number of carbonyl (C=O) groups excluding carboxylic acids is 1.